The van der Waals surface area contributed by atoms with Crippen molar-refractivity contribution in [1.29, 1.82) is 0 Å². The van der Waals surface area contributed by atoms with Crippen LogP contribution in [0.5, 0.6) is 0 Å². The van der Waals surface area contributed by atoms with Gasteiger partial charge in [-0.2, -0.15) is 0 Å². The smallest absolute Gasteiger partial charge is 0.463 e. The molecule has 0 aliphatic heterocycles. The molecule has 0 aromatic carbocycles. The molecule has 0 bridgehead atoms. The molecule has 0 aromatic rings. The number of carbonyl (C=O) groups excluding carboxylic acids is 4. The van der Waals surface area contributed by atoms with Gasteiger partial charge in [-0.05, 0) is 79.4 Å². The van der Waals surface area contributed by atoms with Crippen LogP contribution in [0.2, 0.25) is 0 Å². The lowest BCUT2D eigenvalue weighted by molar-refractivity contribution is -0.151. The summed E-state index contributed by atoms with van der Waals surface area (Å²) in [6.45, 7) is 11.0. The van der Waals surface area contributed by atoms with E-state index in [-0.39, 0.29) is 32.2 Å². The van der Waals surface area contributed by atoms with Crippen molar-refractivity contribution in [3.63, 3.8) is 0 Å². The molecular formula is C40H72O16P2. The molecule has 0 radical (unpaired) electrons. The number of unbranched alkanes of at least 4 members (excludes halogenated alkanes) is 14. The van der Waals surface area contributed by atoms with Gasteiger partial charge in [-0.3, -0.25) is 14.1 Å². The van der Waals surface area contributed by atoms with Gasteiger partial charge in [0.1, 0.15) is 17.8 Å². The Morgan fingerprint density at radius 1 is 0.569 bits per heavy atom. The molecule has 18 heteroatoms. The minimum absolute atomic E-state index is 0.0534. The molecule has 0 aromatic heterocycles. The van der Waals surface area contributed by atoms with Gasteiger partial charge in [0, 0.05) is 18.8 Å². The highest BCUT2D eigenvalue weighted by atomic mass is 31.2. The van der Waals surface area contributed by atoms with Gasteiger partial charge in [-0.1, -0.05) is 77.0 Å². The number of phosphoric ester groups is 1. The average molecular weight is 871 g/mol. The van der Waals surface area contributed by atoms with Crippen LogP contribution in [0.4, 0.5) is 0 Å². The van der Waals surface area contributed by atoms with E-state index in [0.29, 0.717) is 19.6 Å². The van der Waals surface area contributed by atoms with Gasteiger partial charge < -0.3 is 47.8 Å². The topological polar surface area (TPSA) is 231 Å². The van der Waals surface area contributed by atoms with Crippen LogP contribution >= 0.6 is 16.4 Å². The number of hydrogen-bond acceptors (Lipinski definition) is 14. The zero-order valence-corrected chi connectivity index (χ0v) is 37.4. The Kier molecular flexibility index (Phi) is 31.7. The number of rotatable bonds is 38. The van der Waals surface area contributed by atoms with Gasteiger partial charge in [0.2, 0.25) is 0 Å². The van der Waals surface area contributed by atoms with Gasteiger partial charge >= 0.3 is 28.4 Å². The summed E-state index contributed by atoms with van der Waals surface area (Å²) in [6, 6.07) is 0. The molecule has 0 saturated carbocycles. The van der Waals surface area contributed by atoms with E-state index in [1.807, 2.05) is 0 Å². The first-order valence-corrected chi connectivity index (χ1v) is 23.2. The van der Waals surface area contributed by atoms with E-state index in [4.69, 9.17) is 47.8 Å². The van der Waals surface area contributed by atoms with E-state index in [1.54, 1.807) is 41.5 Å². The number of hydrogen-bond donors (Lipinski definition) is 4. The van der Waals surface area contributed by atoms with Gasteiger partial charge in [-0.15, -0.1) is 0 Å². The molecule has 0 aliphatic carbocycles. The fourth-order valence-electron chi connectivity index (χ4n) is 5.36. The van der Waals surface area contributed by atoms with Crippen molar-refractivity contribution in [3.8, 4) is 0 Å². The molecule has 2 unspecified atom stereocenters. The standard InChI is InChI=1S/C40H72O16P2/c1-33(31-52-38(44)26-23-35(41)39(3,4)53-28-20-16-12-8-10-14-18-22-30-55-58(47,48)49)51-32-34(2)56-40(5,6)36(42)24-25-37(43)50-27-19-15-11-7-9-13-17-21-29-54-57(45)46/h23-26,33-34,45-46H,7-22,27-32H2,1-6H3,(H2,47,48,49)/b25-24+,26-23+. The van der Waals surface area contributed by atoms with Crippen LogP contribution < -0.4 is 0 Å². The van der Waals surface area contributed by atoms with Gasteiger partial charge in [-0.25, -0.2) is 14.2 Å². The number of ether oxygens (including phenoxy) is 5. The maximum atomic E-state index is 12.7. The quantitative estimate of drug-likeness (QED) is 0.0207. The third-order valence-corrected chi connectivity index (χ3v) is 9.68. The number of carbonyl (C=O) groups is 4. The molecule has 16 nitrogen and oxygen atoms in total. The number of phosphoric acid groups is 1. The number of esters is 2. The van der Waals surface area contributed by atoms with Crippen molar-refractivity contribution in [2.75, 3.05) is 39.6 Å². The van der Waals surface area contributed by atoms with E-state index in [1.165, 1.54) is 0 Å². The third-order valence-electron chi connectivity index (χ3n) is 8.75. The van der Waals surface area contributed by atoms with Gasteiger partial charge in [0.05, 0.1) is 38.6 Å². The fraction of sp³-hybridized carbons (Fsp3) is 0.800. The minimum Gasteiger partial charge on any atom is -0.463 e. The fourth-order valence-corrected chi connectivity index (χ4v) is 6.02. The van der Waals surface area contributed by atoms with Crippen LogP contribution in [0.3, 0.4) is 0 Å². The summed E-state index contributed by atoms with van der Waals surface area (Å²) in [6.07, 6.45) is 18.3. The maximum Gasteiger partial charge on any atom is 0.469 e. The van der Waals surface area contributed by atoms with Crippen molar-refractivity contribution in [2.45, 2.75) is 168 Å². The first-order chi connectivity index (χ1) is 27.2. The Morgan fingerprint density at radius 2 is 1.00 bits per heavy atom. The molecule has 0 amide bonds. The van der Waals surface area contributed by atoms with Crippen LogP contribution in [0.25, 0.3) is 0 Å². The minimum atomic E-state index is -4.38. The van der Waals surface area contributed by atoms with E-state index >= 15 is 0 Å². The van der Waals surface area contributed by atoms with Crippen molar-refractivity contribution >= 4 is 39.9 Å². The zero-order valence-electron chi connectivity index (χ0n) is 35.6. The average Bonchev–Trinajstić information content (AvgIpc) is 3.14. The molecule has 0 saturated heterocycles. The Bertz CT molecular complexity index is 1250. The second kappa shape index (κ2) is 32.8. The van der Waals surface area contributed by atoms with E-state index in [0.717, 1.165) is 121 Å². The Balaban J connectivity index is 4.16. The molecule has 338 valence electrons. The Morgan fingerprint density at radius 3 is 1.50 bits per heavy atom. The molecule has 0 heterocycles. The van der Waals surface area contributed by atoms with Crippen molar-refractivity contribution in [3.05, 3.63) is 24.3 Å². The lowest BCUT2D eigenvalue weighted by atomic mass is 10.0. The van der Waals surface area contributed by atoms with Crippen LogP contribution in [0, 0.1) is 0 Å². The highest BCUT2D eigenvalue weighted by molar-refractivity contribution is 7.46. The van der Waals surface area contributed by atoms with Crippen molar-refractivity contribution in [1.82, 2.24) is 0 Å². The van der Waals surface area contributed by atoms with Crippen LogP contribution in [-0.4, -0.2) is 106 Å². The highest BCUT2D eigenvalue weighted by Crippen LogP contribution is 2.35. The summed E-state index contributed by atoms with van der Waals surface area (Å²) in [7, 11) is -6.65. The van der Waals surface area contributed by atoms with E-state index in [9.17, 15) is 23.7 Å². The summed E-state index contributed by atoms with van der Waals surface area (Å²) in [5.41, 5.74) is -2.35. The highest BCUT2D eigenvalue weighted by Gasteiger charge is 2.29. The Hall–Kier alpha value is -1.94. The van der Waals surface area contributed by atoms with E-state index < -0.39 is 57.6 Å². The van der Waals surface area contributed by atoms with Crippen molar-refractivity contribution in [2.24, 2.45) is 0 Å². The SMILES string of the molecule is CC(COC(=O)/C=C/C(=O)C(C)(C)OCCCCCCCCCCOP(=O)(O)O)OCC(C)OC(C)(C)C(=O)/C=C/C(=O)OCCCCCCCCCCOP(O)O. The first kappa shape index (κ1) is 56.1. The summed E-state index contributed by atoms with van der Waals surface area (Å²) < 4.78 is 47.6. The Labute approximate surface area is 347 Å². The summed E-state index contributed by atoms with van der Waals surface area (Å²) >= 11 is 0. The lowest BCUT2D eigenvalue weighted by Crippen LogP contribution is -2.39. The molecule has 4 N–H and O–H groups in total. The van der Waals surface area contributed by atoms with E-state index in [2.05, 4.69) is 4.52 Å². The van der Waals surface area contributed by atoms with Gasteiger partial charge in [0.15, 0.2) is 11.6 Å². The molecule has 0 rings (SSSR count). The number of ketones is 2. The monoisotopic (exact) mass is 870 g/mol. The second-order valence-electron chi connectivity index (χ2n) is 15.2. The maximum absolute atomic E-state index is 12.7. The molecule has 0 spiro atoms. The molecule has 58 heavy (non-hydrogen) atoms. The summed E-state index contributed by atoms with van der Waals surface area (Å²) in [4.78, 5) is 84.4. The predicted octanol–water partition coefficient (Wildman–Crippen LogP) is 7.29. The molecular weight excluding hydrogens is 798 g/mol. The summed E-state index contributed by atoms with van der Waals surface area (Å²) in [5.74, 6) is -2.09. The van der Waals surface area contributed by atoms with Crippen molar-refractivity contribution < 1.29 is 76.0 Å². The molecule has 0 aliphatic rings. The zero-order chi connectivity index (χ0) is 43.9. The molecule has 0 fully saturated rings. The third kappa shape index (κ3) is 33.8. The lowest BCUT2D eigenvalue weighted by Gasteiger charge is -2.27. The summed E-state index contributed by atoms with van der Waals surface area (Å²) in [5, 5.41) is 0. The molecule has 2 atom stereocenters. The van der Waals surface area contributed by atoms with Crippen LogP contribution in [0.15, 0.2) is 24.3 Å². The largest absolute Gasteiger partial charge is 0.469 e. The van der Waals surface area contributed by atoms with Gasteiger partial charge in [0.25, 0.3) is 0 Å². The normalized spacial score (nSPS) is 13.7. The van der Waals surface area contributed by atoms with Crippen LogP contribution in [0.1, 0.15) is 144 Å². The second-order valence-corrected chi connectivity index (χ2v) is 17.2. The first-order valence-electron chi connectivity index (χ1n) is 20.5. The van der Waals surface area contributed by atoms with Crippen LogP contribution in [-0.2, 0) is 56.5 Å². The predicted molar refractivity (Wildman–Crippen MR) is 219 cm³/mol.